The van der Waals surface area contributed by atoms with Crippen LogP contribution in [0.3, 0.4) is 0 Å². The van der Waals surface area contributed by atoms with Gasteiger partial charge in [-0.1, -0.05) is 12.1 Å². The number of carbonyl (C=O) groups is 1. The van der Waals surface area contributed by atoms with E-state index in [1.54, 1.807) is 7.11 Å². The fourth-order valence-electron chi connectivity index (χ4n) is 2.28. The second kappa shape index (κ2) is 8.38. The highest BCUT2D eigenvalue weighted by Gasteiger charge is 2.16. The third kappa shape index (κ3) is 4.37. The lowest BCUT2D eigenvalue weighted by Crippen LogP contribution is -2.16. The first-order valence-electron chi connectivity index (χ1n) is 8.11. The Labute approximate surface area is 158 Å². The average molecular weight is 388 g/mol. The molecule has 0 aliphatic heterocycles. The smallest absolute Gasteiger partial charge is 0.275 e. The van der Waals surface area contributed by atoms with Gasteiger partial charge >= 0.3 is 0 Å². The molecule has 0 saturated carbocycles. The van der Waals surface area contributed by atoms with E-state index in [9.17, 15) is 18.0 Å². The molecule has 144 valence electrons. The Morgan fingerprint density at radius 3 is 2.39 bits per heavy atom. The zero-order valence-corrected chi connectivity index (χ0v) is 14.7. The summed E-state index contributed by atoms with van der Waals surface area (Å²) in [7, 11) is 1.58. The molecule has 0 aliphatic rings. The fourth-order valence-corrected chi connectivity index (χ4v) is 2.28. The van der Waals surface area contributed by atoms with Crippen molar-refractivity contribution < 1.29 is 22.7 Å². The number of rotatable bonds is 6. The van der Waals surface area contributed by atoms with Gasteiger partial charge in [0.25, 0.3) is 5.91 Å². The van der Waals surface area contributed by atoms with E-state index in [0.29, 0.717) is 18.4 Å². The minimum absolute atomic E-state index is 0.112. The number of aromatic nitrogens is 2. The zero-order chi connectivity index (χ0) is 20.1. The standard InChI is InChI=1S/C19H15F3N4O2/c1-28-12-4-2-11(3-5-12)8-24-16-10-23-15(9-25-16)19(27)26-14-7-6-13(20)17(21)18(14)22/h2-7,9-10H,8H2,1H3,(H,24,25)(H,26,27). The van der Waals surface area contributed by atoms with Crippen molar-refractivity contribution in [1.29, 1.82) is 0 Å². The molecule has 1 heterocycles. The van der Waals surface area contributed by atoms with Crippen LogP contribution in [0, 0.1) is 17.5 Å². The summed E-state index contributed by atoms with van der Waals surface area (Å²) in [6.07, 6.45) is 2.52. The summed E-state index contributed by atoms with van der Waals surface area (Å²) in [5.74, 6) is -4.13. The van der Waals surface area contributed by atoms with Gasteiger partial charge in [0.15, 0.2) is 17.5 Å². The monoisotopic (exact) mass is 388 g/mol. The third-order valence-electron chi connectivity index (χ3n) is 3.80. The molecular weight excluding hydrogens is 373 g/mol. The highest BCUT2D eigenvalue weighted by molar-refractivity contribution is 6.02. The maximum Gasteiger partial charge on any atom is 0.275 e. The van der Waals surface area contributed by atoms with Crippen molar-refractivity contribution in [1.82, 2.24) is 9.97 Å². The topological polar surface area (TPSA) is 76.1 Å². The van der Waals surface area contributed by atoms with Crippen LogP contribution >= 0.6 is 0 Å². The molecule has 3 aromatic rings. The van der Waals surface area contributed by atoms with E-state index in [1.807, 2.05) is 24.3 Å². The Morgan fingerprint density at radius 2 is 1.75 bits per heavy atom. The number of carbonyl (C=O) groups excluding carboxylic acids is 1. The molecule has 0 radical (unpaired) electrons. The molecule has 1 aromatic heterocycles. The Bertz CT molecular complexity index is 980. The van der Waals surface area contributed by atoms with E-state index in [1.165, 1.54) is 12.4 Å². The molecule has 9 heteroatoms. The van der Waals surface area contributed by atoms with Crippen molar-refractivity contribution in [2.24, 2.45) is 0 Å². The van der Waals surface area contributed by atoms with Crippen LogP contribution in [0.4, 0.5) is 24.7 Å². The van der Waals surface area contributed by atoms with Gasteiger partial charge in [0.2, 0.25) is 0 Å². The number of methoxy groups -OCH3 is 1. The van der Waals surface area contributed by atoms with Crippen LogP contribution in [-0.2, 0) is 6.54 Å². The van der Waals surface area contributed by atoms with Crippen LogP contribution < -0.4 is 15.4 Å². The highest BCUT2D eigenvalue weighted by atomic mass is 19.2. The number of anilines is 2. The minimum atomic E-state index is -1.66. The molecule has 1 amide bonds. The quantitative estimate of drug-likeness (QED) is 0.629. The summed E-state index contributed by atoms with van der Waals surface area (Å²) in [6.45, 7) is 0.476. The van der Waals surface area contributed by atoms with E-state index in [0.717, 1.165) is 17.4 Å². The molecule has 0 unspecified atom stereocenters. The summed E-state index contributed by atoms with van der Waals surface area (Å²) in [6, 6.07) is 9.06. The molecule has 3 rings (SSSR count). The number of benzene rings is 2. The highest BCUT2D eigenvalue weighted by Crippen LogP contribution is 2.20. The molecule has 0 spiro atoms. The van der Waals surface area contributed by atoms with Gasteiger partial charge in [-0.3, -0.25) is 4.79 Å². The number of hydrogen-bond acceptors (Lipinski definition) is 5. The second-order valence-corrected chi connectivity index (χ2v) is 5.67. The number of hydrogen-bond donors (Lipinski definition) is 2. The molecule has 6 nitrogen and oxygen atoms in total. The first kappa shape index (κ1) is 19.2. The van der Waals surface area contributed by atoms with Crippen molar-refractivity contribution >= 4 is 17.4 Å². The van der Waals surface area contributed by atoms with E-state index in [-0.39, 0.29) is 5.69 Å². The summed E-state index contributed by atoms with van der Waals surface area (Å²) in [5, 5.41) is 5.17. The number of nitrogens with zero attached hydrogens (tertiary/aromatic N) is 2. The van der Waals surface area contributed by atoms with Gasteiger partial charge in [-0.25, -0.2) is 23.1 Å². The van der Waals surface area contributed by atoms with Gasteiger partial charge < -0.3 is 15.4 Å². The number of ether oxygens (including phenoxy) is 1. The molecule has 2 aromatic carbocycles. The van der Waals surface area contributed by atoms with Gasteiger partial charge in [-0.05, 0) is 29.8 Å². The average Bonchev–Trinajstić information content (AvgIpc) is 2.73. The lowest BCUT2D eigenvalue weighted by molar-refractivity contribution is 0.102. The van der Waals surface area contributed by atoms with Crippen molar-refractivity contribution in [2.75, 3.05) is 17.7 Å². The maximum atomic E-state index is 13.6. The van der Waals surface area contributed by atoms with Crippen LogP contribution in [-0.4, -0.2) is 23.0 Å². The Balaban J connectivity index is 1.61. The van der Waals surface area contributed by atoms with E-state index in [4.69, 9.17) is 4.74 Å². The first-order valence-corrected chi connectivity index (χ1v) is 8.11. The lowest BCUT2D eigenvalue weighted by atomic mass is 10.2. The first-order chi connectivity index (χ1) is 13.5. The largest absolute Gasteiger partial charge is 0.497 e. The summed E-state index contributed by atoms with van der Waals surface area (Å²) in [5.41, 5.74) is 0.379. The van der Waals surface area contributed by atoms with Gasteiger partial charge in [0.05, 0.1) is 25.2 Å². The molecule has 0 bridgehead atoms. The van der Waals surface area contributed by atoms with Crippen LogP contribution in [0.25, 0.3) is 0 Å². The molecule has 0 aliphatic carbocycles. The van der Waals surface area contributed by atoms with Crippen molar-refractivity contribution in [3.63, 3.8) is 0 Å². The van der Waals surface area contributed by atoms with Gasteiger partial charge in [-0.15, -0.1) is 0 Å². The number of nitrogens with one attached hydrogen (secondary N) is 2. The van der Waals surface area contributed by atoms with E-state index in [2.05, 4.69) is 20.6 Å². The van der Waals surface area contributed by atoms with Crippen molar-refractivity contribution in [3.8, 4) is 5.75 Å². The number of amides is 1. The normalized spacial score (nSPS) is 10.4. The number of halogens is 3. The second-order valence-electron chi connectivity index (χ2n) is 5.67. The van der Waals surface area contributed by atoms with Crippen LogP contribution in [0.2, 0.25) is 0 Å². The van der Waals surface area contributed by atoms with E-state index >= 15 is 0 Å². The Morgan fingerprint density at radius 1 is 1.00 bits per heavy atom. The molecule has 2 N–H and O–H groups in total. The van der Waals surface area contributed by atoms with E-state index < -0.39 is 29.0 Å². The summed E-state index contributed by atoms with van der Waals surface area (Å²) < 4.78 is 44.9. The Kier molecular flexibility index (Phi) is 5.73. The Hall–Kier alpha value is -3.62. The summed E-state index contributed by atoms with van der Waals surface area (Å²) >= 11 is 0. The molecule has 0 saturated heterocycles. The van der Waals surface area contributed by atoms with Crippen LogP contribution in [0.5, 0.6) is 5.75 Å². The molecule has 0 atom stereocenters. The van der Waals surface area contributed by atoms with Crippen LogP contribution in [0.1, 0.15) is 16.1 Å². The van der Waals surface area contributed by atoms with Crippen molar-refractivity contribution in [3.05, 3.63) is 77.5 Å². The van der Waals surface area contributed by atoms with Gasteiger partial charge in [0, 0.05) is 6.54 Å². The predicted octanol–water partition coefficient (Wildman–Crippen LogP) is 3.77. The summed E-state index contributed by atoms with van der Waals surface area (Å²) in [4.78, 5) is 20.1. The van der Waals surface area contributed by atoms with Gasteiger partial charge in [-0.2, -0.15) is 0 Å². The lowest BCUT2D eigenvalue weighted by Gasteiger charge is -2.08. The molecular formula is C19H15F3N4O2. The van der Waals surface area contributed by atoms with Gasteiger partial charge in [0.1, 0.15) is 17.3 Å². The zero-order valence-electron chi connectivity index (χ0n) is 14.7. The maximum absolute atomic E-state index is 13.6. The minimum Gasteiger partial charge on any atom is -0.497 e. The molecule has 28 heavy (non-hydrogen) atoms. The van der Waals surface area contributed by atoms with Crippen LogP contribution in [0.15, 0.2) is 48.8 Å². The van der Waals surface area contributed by atoms with Crippen molar-refractivity contribution in [2.45, 2.75) is 6.54 Å². The molecule has 0 fully saturated rings. The predicted molar refractivity (Wildman–Crippen MR) is 96.6 cm³/mol. The third-order valence-corrected chi connectivity index (χ3v) is 3.80. The fraction of sp³-hybridized carbons (Fsp3) is 0.105. The SMILES string of the molecule is COc1ccc(CNc2cnc(C(=O)Nc3ccc(F)c(F)c3F)cn2)cc1.